The quantitative estimate of drug-likeness (QED) is 0.128. The molecule has 0 radical (unpaired) electrons. The van der Waals surface area contributed by atoms with Gasteiger partial charge in [-0.1, -0.05) is 117 Å². The number of rotatable bonds is 10. The van der Waals surface area contributed by atoms with Crippen LogP contribution in [0.5, 0.6) is 0 Å². The fraction of sp³-hybridized carbons (Fsp3) is 0.0714. The fourth-order valence-corrected chi connectivity index (χ4v) is 5.84. The van der Waals surface area contributed by atoms with Gasteiger partial charge in [-0.2, -0.15) is 0 Å². The molecule has 1 N–H and O–H groups in total. The molecular formula is C42H38N2. The van der Waals surface area contributed by atoms with Gasteiger partial charge in [-0.3, -0.25) is 0 Å². The van der Waals surface area contributed by atoms with Crippen molar-refractivity contribution in [1.29, 1.82) is 5.41 Å². The lowest BCUT2D eigenvalue weighted by Gasteiger charge is -2.16. The number of benzene rings is 4. The number of hydrogen-bond donors (Lipinski definition) is 1. The summed E-state index contributed by atoms with van der Waals surface area (Å²) in [5, 5.41) is 10.2. The summed E-state index contributed by atoms with van der Waals surface area (Å²) in [5.41, 5.74) is 13.8. The first kappa shape index (κ1) is 30.0. The molecule has 0 saturated carbocycles. The van der Waals surface area contributed by atoms with E-state index in [-0.39, 0.29) is 0 Å². The third-order valence-corrected chi connectivity index (χ3v) is 8.25. The second-order valence-electron chi connectivity index (χ2n) is 11.0. The van der Waals surface area contributed by atoms with Gasteiger partial charge in [-0.15, -0.1) is 0 Å². The van der Waals surface area contributed by atoms with Gasteiger partial charge in [0.25, 0.3) is 0 Å². The standard InChI is InChI=1S/C42H38N2/c1-8-14-39(27-43)38-21-22-40(32(10-3)23-38)42-30(7)29(6)41(44(42)28(4)5)26-31(9-2)34-17-19-37-25-35(18-20-36(37)24-34)33-15-12-11-13-16-33/h8-27,43H,1-4H2,5-7H3/b31-26+,39-14+,43-27?. The molecule has 0 unspecified atom stereocenters. The first-order valence-corrected chi connectivity index (χ1v) is 14.7. The molecule has 0 aliphatic rings. The summed E-state index contributed by atoms with van der Waals surface area (Å²) >= 11 is 0. The van der Waals surface area contributed by atoms with E-state index >= 15 is 0 Å². The van der Waals surface area contributed by atoms with E-state index in [2.05, 4.69) is 130 Å². The van der Waals surface area contributed by atoms with Crippen LogP contribution in [-0.2, 0) is 0 Å². The molecule has 0 bridgehead atoms. The maximum absolute atomic E-state index is 7.85. The summed E-state index contributed by atoms with van der Waals surface area (Å²) in [7, 11) is 0. The van der Waals surface area contributed by atoms with Crippen molar-refractivity contribution in [3.63, 3.8) is 0 Å². The summed E-state index contributed by atoms with van der Waals surface area (Å²) in [4.78, 5) is 0. The van der Waals surface area contributed by atoms with Crippen LogP contribution in [0, 0.1) is 19.3 Å². The molecule has 2 heteroatoms. The summed E-state index contributed by atoms with van der Waals surface area (Å²) < 4.78 is 2.24. The van der Waals surface area contributed by atoms with Crippen LogP contribution in [0.15, 0.2) is 129 Å². The maximum atomic E-state index is 7.85. The van der Waals surface area contributed by atoms with Crippen LogP contribution < -0.4 is 0 Å². The molecule has 2 nitrogen and oxygen atoms in total. The molecule has 1 heterocycles. The third-order valence-electron chi connectivity index (χ3n) is 8.25. The zero-order valence-electron chi connectivity index (χ0n) is 25.8. The van der Waals surface area contributed by atoms with Crippen molar-refractivity contribution in [2.45, 2.75) is 20.8 Å². The van der Waals surface area contributed by atoms with E-state index in [0.717, 1.165) is 50.5 Å². The van der Waals surface area contributed by atoms with Crippen LogP contribution in [0.2, 0.25) is 0 Å². The smallest absolute Gasteiger partial charge is 0.0569 e. The van der Waals surface area contributed by atoms with Gasteiger partial charge in [-0.05, 0) is 106 Å². The Labute approximate surface area is 261 Å². The number of aromatic nitrogens is 1. The highest BCUT2D eigenvalue weighted by Crippen LogP contribution is 2.38. The van der Waals surface area contributed by atoms with E-state index in [0.29, 0.717) is 0 Å². The zero-order valence-corrected chi connectivity index (χ0v) is 25.8. The monoisotopic (exact) mass is 570 g/mol. The Balaban J connectivity index is 1.63. The predicted octanol–water partition coefficient (Wildman–Crippen LogP) is 11.7. The van der Waals surface area contributed by atoms with E-state index in [1.54, 1.807) is 6.08 Å². The molecular weight excluding hydrogens is 532 g/mol. The zero-order chi connectivity index (χ0) is 31.4. The van der Waals surface area contributed by atoms with E-state index < -0.39 is 0 Å². The van der Waals surface area contributed by atoms with Crippen LogP contribution in [0.25, 0.3) is 62.2 Å². The van der Waals surface area contributed by atoms with Gasteiger partial charge in [-0.25, -0.2) is 0 Å². The Bertz CT molecular complexity index is 2010. The number of nitrogens with zero attached hydrogens (tertiary/aromatic N) is 1. The molecule has 0 amide bonds. The van der Waals surface area contributed by atoms with Crippen molar-refractivity contribution in [2.75, 3.05) is 0 Å². The lowest BCUT2D eigenvalue weighted by Crippen LogP contribution is -2.01. The van der Waals surface area contributed by atoms with E-state index in [1.165, 1.54) is 39.2 Å². The predicted molar refractivity (Wildman–Crippen MR) is 195 cm³/mol. The number of fused-ring (bicyclic) bond motifs is 1. The van der Waals surface area contributed by atoms with Gasteiger partial charge < -0.3 is 9.98 Å². The molecule has 216 valence electrons. The lowest BCUT2D eigenvalue weighted by molar-refractivity contribution is 1.08. The molecule has 1 aromatic heterocycles. The van der Waals surface area contributed by atoms with Crippen LogP contribution in [0.3, 0.4) is 0 Å². The normalized spacial score (nSPS) is 11.8. The van der Waals surface area contributed by atoms with Crippen LogP contribution in [0.4, 0.5) is 0 Å². The van der Waals surface area contributed by atoms with Crippen LogP contribution in [-0.4, -0.2) is 10.8 Å². The third kappa shape index (κ3) is 5.63. The Morgan fingerprint density at radius 2 is 1.43 bits per heavy atom. The highest BCUT2D eigenvalue weighted by molar-refractivity contribution is 6.09. The van der Waals surface area contributed by atoms with Gasteiger partial charge in [0.2, 0.25) is 0 Å². The summed E-state index contributed by atoms with van der Waals surface area (Å²) in [6.07, 6.45) is 10.9. The highest BCUT2D eigenvalue weighted by atomic mass is 15.0. The maximum Gasteiger partial charge on any atom is 0.0569 e. The van der Waals surface area contributed by atoms with Gasteiger partial charge in [0, 0.05) is 23.2 Å². The second-order valence-corrected chi connectivity index (χ2v) is 11.0. The number of nitrogens with one attached hydrogen (secondary N) is 1. The first-order valence-electron chi connectivity index (χ1n) is 14.7. The molecule has 0 aliphatic heterocycles. The summed E-state index contributed by atoms with van der Waals surface area (Å²) in [5.74, 6) is 0. The van der Waals surface area contributed by atoms with E-state index in [1.807, 2.05) is 31.2 Å². The Kier molecular flexibility index (Phi) is 8.73. The van der Waals surface area contributed by atoms with Crippen molar-refractivity contribution in [2.24, 2.45) is 0 Å². The van der Waals surface area contributed by atoms with Gasteiger partial charge >= 0.3 is 0 Å². The van der Waals surface area contributed by atoms with Crippen molar-refractivity contribution in [3.05, 3.63) is 163 Å². The average molecular weight is 571 g/mol. The molecule has 0 fully saturated rings. The molecule has 44 heavy (non-hydrogen) atoms. The molecule has 0 saturated heterocycles. The first-order chi connectivity index (χ1) is 21.3. The minimum atomic E-state index is 0.795. The average Bonchev–Trinajstić information content (AvgIpc) is 3.30. The lowest BCUT2D eigenvalue weighted by atomic mass is 9.95. The summed E-state index contributed by atoms with van der Waals surface area (Å²) in [6.45, 7) is 22.8. The van der Waals surface area contributed by atoms with Crippen molar-refractivity contribution < 1.29 is 0 Å². The number of hydrogen-bond acceptors (Lipinski definition) is 1. The fourth-order valence-electron chi connectivity index (χ4n) is 5.84. The Hall–Kier alpha value is -5.47. The molecule has 0 atom stereocenters. The molecule has 0 aliphatic carbocycles. The SMILES string of the molecule is C=C/C=C(\C=N)c1ccc(-c2c(C)c(C)c(/C=C(\C=C)c3ccc4cc(-c5ccccc5)ccc4c3)n2C(=C)C)c(C=C)c1. The van der Waals surface area contributed by atoms with Crippen molar-refractivity contribution >= 4 is 46.0 Å². The Morgan fingerprint density at radius 3 is 2.09 bits per heavy atom. The van der Waals surface area contributed by atoms with E-state index in [9.17, 15) is 0 Å². The van der Waals surface area contributed by atoms with Crippen LogP contribution >= 0.6 is 0 Å². The van der Waals surface area contributed by atoms with Gasteiger partial charge in [0.1, 0.15) is 0 Å². The van der Waals surface area contributed by atoms with E-state index in [4.69, 9.17) is 5.41 Å². The second kappa shape index (κ2) is 12.8. The van der Waals surface area contributed by atoms with Gasteiger partial charge in [0.05, 0.1) is 5.69 Å². The highest BCUT2D eigenvalue weighted by Gasteiger charge is 2.21. The van der Waals surface area contributed by atoms with Crippen LogP contribution in [0.1, 0.15) is 40.4 Å². The van der Waals surface area contributed by atoms with Crippen molar-refractivity contribution in [3.8, 4) is 22.4 Å². The van der Waals surface area contributed by atoms with Crippen molar-refractivity contribution in [1.82, 2.24) is 4.57 Å². The number of allylic oxidation sites excluding steroid dienone is 6. The summed E-state index contributed by atoms with van der Waals surface area (Å²) in [6, 6.07) is 30.0. The minimum Gasteiger partial charge on any atom is -0.314 e. The molecule has 0 spiro atoms. The molecule has 5 rings (SSSR count). The molecule has 4 aromatic carbocycles. The molecule has 5 aromatic rings. The largest absolute Gasteiger partial charge is 0.314 e. The van der Waals surface area contributed by atoms with Gasteiger partial charge in [0.15, 0.2) is 0 Å². The topological polar surface area (TPSA) is 28.8 Å². The minimum absolute atomic E-state index is 0.795. The Morgan fingerprint density at radius 1 is 0.750 bits per heavy atom.